The molecule has 0 saturated carbocycles. The van der Waals surface area contributed by atoms with E-state index in [4.69, 9.17) is 14.2 Å². The fraction of sp³-hybridized carbons (Fsp3) is 0.348. The first-order chi connectivity index (χ1) is 14.4. The lowest BCUT2D eigenvalue weighted by atomic mass is 10.1. The highest BCUT2D eigenvalue weighted by Crippen LogP contribution is 2.28. The number of nitrogens with zero attached hydrogens (tertiary/aromatic N) is 1. The zero-order valence-electron chi connectivity index (χ0n) is 17.6. The van der Waals surface area contributed by atoms with Crippen LogP contribution in [0.25, 0.3) is 0 Å². The Morgan fingerprint density at radius 2 is 1.70 bits per heavy atom. The van der Waals surface area contributed by atoms with Gasteiger partial charge in [-0.05, 0) is 37.1 Å². The van der Waals surface area contributed by atoms with Crippen LogP contribution in [0.5, 0.6) is 11.5 Å². The molecular formula is C23H27NO6. The number of hydrogen-bond acceptors (Lipinski definition) is 6. The van der Waals surface area contributed by atoms with Gasteiger partial charge in [-0.1, -0.05) is 30.3 Å². The molecule has 0 heterocycles. The molecule has 0 fully saturated rings. The number of carbonyl (C=O) groups is 3. The van der Waals surface area contributed by atoms with Crippen LogP contribution in [0.1, 0.15) is 35.7 Å². The van der Waals surface area contributed by atoms with Crippen molar-refractivity contribution in [1.82, 2.24) is 4.90 Å². The van der Waals surface area contributed by atoms with Crippen molar-refractivity contribution < 1.29 is 28.6 Å². The normalized spacial score (nSPS) is 10.2. The minimum atomic E-state index is -0.467. The molecule has 2 aromatic rings. The Labute approximate surface area is 176 Å². The van der Waals surface area contributed by atoms with Crippen LogP contribution in [-0.4, -0.2) is 49.9 Å². The van der Waals surface area contributed by atoms with Crippen LogP contribution in [0.15, 0.2) is 48.5 Å². The lowest BCUT2D eigenvalue weighted by Crippen LogP contribution is -2.35. The highest BCUT2D eigenvalue weighted by Gasteiger charge is 2.18. The molecule has 0 aliphatic carbocycles. The summed E-state index contributed by atoms with van der Waals surface area (Å²) in [6, 6.07) is 14.4. The lowest BCUT2D eigenvalue weighted by Gasteiger charge is -2.21. The summed E-state index contributed by atoms with van der Waals surface area (Å²) < 4.78 is 15.7. The first kappa shape index (κ1) is 22.9. The Kier molecular flexibility index (Phi) is 8.87. The molecule has 0 aromatic heterocycles. The Morgan fingerprint density at radius 3 is 2.33 bits per heavy atom. The number of benzene rings is 2. The van der Waals surface area contributed by atoms with Gasteiger partial charge in [0.05, 0.1) is 20.8 Å². The summed E-state index contributed by atoms with van der Waals surface area (Å²) in [5.41, 5.74) is 1.47. The molecule has 7 heteroatoms. The summed E-state index contributed by atoms with van der Waals surface area (Å²) in [5.74, 6) is 0.281. The van der Waals surface area contributed by atoms with E-state index in [2.05, 4.69) is 0 Å². The predicted octanol–water partition coefficient (Wildman–Crippen LogP) is 3.26. The number of Topliss-reactive ketones (excluding diaryl/α,β-unsaturated/α-hetero) is 1. The second-order valence-electron chi connectivity index (χ2n) is 6.69. The first-order valence-corrected chi connectivity index (χ1v) is 9.65. The van der Waals surface area contributed by atoms with Crippen LogP contribution in [0.4, 0.5) is 0 Å². The standard InChI is InChI=1S/C23H27NO6/c1-17(25)19-11-12-20(21(14-19)28-2)30-13-7-10-22(26)24(16-23(27)29-3)15-18-8-5-4-6-9-18/h4-6,8-9,11-12,14H,7,10,13,15-16H2,1-3H3. The molecule has 1 amide bonds. The summed E-state index contributed by atoms with van der Waals surface area (Å²) in [4.78, 5) is 37.3. The maximum atomic E-state index is 12.7. The fourth-order valence-electron chi connectivity index (χ4n) is 2.83. The van der Waals surface area contributed by atoms with E-state index in [0.717, 1.165) is 5.56 Å². The van der Waals surface area contributed by atoms with E-state index in [-0.39, 0.29) is 24.7 Å². The topological polar surface area (TPSA) is 82.1 Å². The van der Waals surface area contributed by atoms with Gasteiger partial charge in [0.25, 0.3) is 0 Å². The third-order valence-electron chi connectivity index (χ3n) is 4.48. The first-order valence-electron chi connectivity index (χ1n) is 9.65. The second kappa shape index (κ2) is 11.6. The number of ether oxygens (including phenoxy) is 3. The van der Waals surface area contributed by atoms with E-state index in [9.17, 15) is 14.4 Å². The molecule has 7 nitrogen and oxygen atoms in total. The highest BCUT2D eigenvalue weighted by atomic mass is 16.5. The Hall–Kier alpha value is -3.35. The SMILES string of the molecule is COC(=O)CN(Cc1ccccc1)C(=O)CCCOc1ccc(C(C)=O)cc1OC. The molecule has 0 saturated heterocycles. The third-order valence-corrected chi connectivity index (χ3v) is 4.48. The number of ketones is 1. The van der Waals surface area contributed by atoms with Gasteiger partial charge in [0, 0.05) is 18.5 Å². The summed E-state index contributed by atoms with van der Waals surface area (Å²) in [6.45, 7) is 2.00. The van der Waals surface area contributed by atoms with Gasteiger partial charge in [0.1, 0.15) is 6.54 Å². The van der Waals surface area contributed by atoms with E-state index in [1.165, 1.54) is 26.0 Å². The van der Waals surface area contributed by atoms with Crippen LogP contribution < -0.4 is 9.47 Å². The molecule has 2 rings (SSSR count). The van der Waals surface area contributed by atoms with Crippen molar-refractivity contribution in [1.29, 1.82) is 0 Å². The lowest BCUT2D eigenvalue weighted by molar-refractivity contribution is -0.147. The largest absolute Gasteiger partial charge is 0.493 e. The van der Waals surface area contributed by atoms with Gasteiger partial charge < -0.3 is 19.1 Å². The third kappa shape index (κ3) is 6.92. The van der Waals surface area contributed by atoms with Crippen LogP contribution >= 0.6 is 0 Å². The molecule has 0 spiro atoms. The zero-order valence-corrected chi connectivity index (χ0v) is 17.6. The van der Waals surface area contributed by atoms with Crippen molar-refractivity contribution in [3.8, 4) is 11.5 Å². The maximum absolute atomic E-state index is 12.7. The van der Waals surface area contributed by atoms with Crippen molar-refractivity contribution >= 4 is 17.7 Å². The molecule has 30 heavy (non-hydrogen) atoms. The smallest absolute Gasteiger partial charge is 0.325 e. The van der Waals surface area contributed by atoms with Gasteiger partial charge >= 0.3 is 5.97 Å². The van der Waals surface area contributed by atoms with Crippen molar-refractivity contribution in [2.24, 2.45) is 0 Å². The molecule has 0 unspecified atom stereocenters. The van der Waals surface area contributed by atoms with Crippen LogP contribution in [0.2, 0.25) is 0 Å². The molecular weight excluding hydrogens is 386 g/mol. The minimum Gasteiger partial charge on any atom is -0.493 e. The van der Waals surface area contributed by atoms with E-state index in [1.54, 1.807) is 18.2 Å². The van der Waals surface area contributed by atoms with Crippen molar-refractivity contribution in [3.63, 3.8) is 0 Å². The van der Waals surface area contributed by atoms with E-state index in [1.807, 2.05) is 30.3 Å². The van der Waals surface area contributed by atoms with Gasteiger partial charge in [0.2, 0.25) is 5.91 Å². The molecule has 0 bridgehead atoms. The van der Waals surface area contributed by atoms with Crippen LogP contribution in [-0.2, 0) is 20.9 Å². The van der Waals surface area contributed by atoms with E-state index in [0.29, 0.717) is 36.6 Å². The van der Waals surface area contributed by atoms with E-state index >= 15 is 0 Å². The van der Waals surface area contributed by atoms with Gasteiger partial charge in [-0.15, -0.1) is 0 Å². The van der Waals surface area contributed by atoms with Gasteiger partial charge in [0.15, 0.2) is 17.3 Å². The van der Waals surface area contributed by atoms with Gasteiger partial charge in [-0.25, -0.2) is 0 Å². The van der Waals surface area contributed by atoms with Crippen molar-refractivity contribution in [3.05, 3.63) is 59.7 Å². The van der Waals surface area contributed by atoms with Crippen molar-refractivity contribution in [2.45, 2.75) is 26.3 Å². The molecule has 0 radical (unpaired) electrons. The number of amides is 1. The zero-order chi connectivity index (χ0) is 21.9. The van der Waals surface area contributed by atoms with Gasteiger partial charge in [-0.3, -0.25) is 14.4 Å². The Morgan fingerprint density at radius 1 is 0.967 bits per heavy atom. The molecule has 160 valence electrons. The minimum absolute atomic E-state index is 0.0606. The number of rotatable bonds is 11. The van der Waals surface area contributed by atoms with Crippen LogP contribution in [0.3, 0.4) is 0 Å². The van der Waals surface area contributed by atoms with E-state index < -0.39 is 5.97 Å². The number of methoxy groups -OCH3 is 2. The summed E-state index contributed by atoms with van der Waals surface area (Å²) in [5, 5.41) is 0. The molecule has 0 N–H and O–H groups in total. The number of carbonyl (C=O) groups excluding carboxylic acids is 3. The predicted molar refractivity (Wildman–Crippen MR) is 112 cm³/mol. The summed E-state index contributed by atoms with van der Waals surface area (Å²) in [6.07, 6.45) is 0.681. The van der Waals surface area contributed by atoms with Crippen molar-refractivity contribution in [2.75, 3.05) is 27.4 Å². The Bertz CT molecular complexity index is 865. The summed E-state index contributed by atoms with van der Waals surface area (Å²) >= 11 is 0. The number of hydrogen-bond donors (Lipinski definition) is 0. The monoisotopic (exact) mass is 413 g/mol. The highest BCUT2D eigenvalue weighted by molar-refractivity contribution is 5.94. The molecule has 0 aliphatic heterocycles. The maximum Gasteiger partial charge on any atom is 0.325 e. The average molecular weight is 413 g/mol. The van der Waals surface area contributed by atoms with Crippen LogP contribution in [0, 0.1) is 0 Å². The number of esters is 1. The van der Waals surface area contributed by atoms with Gasteiger partial charge in [-0.2, -0.15) is 0 Å². The molecule has 0 atom stereocenters. The average Bonchev–Trinajstić information content (AvgIpc) is 2.76. The quantitative estimate of drug-likeness (QED) is 0.320. The summed E-state index contributed by atoms with van der Waals surface area (Å²) in [7, 11) is 2.80. The molecule has 2 aromatic carbocycles. The fourth-order valence-corrected chi connectivity index (χ4v) is 2.83. The second-order valence-corrected chi connectivity index (χ2v) is 6.69. The Balaban J connectivity index is 1.91. The molecule has 0 aliphatic rings.